The van der Waals surface area contributed by atoms with Crippen LogP contribution in [-0.2, 0) is 0 Å². The summed E-state index contributed by atoms with van der Waals surface area (Å²) in [5, 5.41) is 1.39. The van der Waals surface area contributed by atoms with E-state index in [1.54, 1.807) is 24.7 Å². The Morgan fingerprint density at radius 1 is 1.25 bits per heavy atom. The van der Waals surface area contributed by atoms with Crippen LogP contribution in [0.1, 0.15) is 5.56 Å². The molecule has 0 saturated carbocycles. The summed E-state index contributed by atoms with van der Waals surface area (Å²) in [4.78, 5) is 16.4. The van der Waals surface area contributed by atoms with Gasteiger partial charge in [0, 0.05) is 18.6 Å². The van der Waals surface area contributed by atoms with Gasteiger partial charge < -0.3 is 0 Å². The number of nitrogen functional groups attached to an aromatic ring is 1. The van der Waals surface area contributed by atoms with E-state index < -0.39 is 0 Å². The Morgan fingerprint density at radius 3 is 2.69 bits per heavy atom. The van der Waals surface area contributed by atoms with E-state index >= 15 is 0 Å². The number of hydrogen-bond donors (Lipinski definition) is 2. The largest absolute Gasteiger partial charge is 0.292 e. The van der Waals surface area contributed by atoms with Gasteiger partial charge >= 0.3 is 0 Å². The summed E-state index contributed by atoms with van der Waals surface area (Å²) >= 11 is 1.36. The summed E-state index contributed by atoms with van der Waals surface area (Å²) in [7, 11) is 0. The Kier molecular flexibility index (Phi) is 3.28. The third-order valence-corrected chi connectivity index (χ3v) is 2.54. The van der Waals surface area contributed by atoms with Crippen LogP contribution in [0.4, 0.5) is 5.95 Å². The molecule has 0 aliphatic rings. The number of nitrogens with two attached hydrogens (primary N) is 1. The van der Waals surface area contributed by atoms with Gasteiger partial charge in [0.2, 0.25) is 5.95 Å². The van der Waals surface area contributed by atoms with Crippen molar-refractivity contribution < 1.29 is 0 Å². The summed E-state index contributed by atoms with van der Waals surface area (Å²) in [6.07, 6.45) is 5.15. The van der Waals surface area contributed by atoms with Crippen LogP contribution in [0.3, 0.4) is 0 Å². The summed E-state index contributed by atoms with van der Waals surface area (Å²) in [5.74, 6) is 5.59. The van der Waals surface area contributed by atoms with E-state index in [-0.39, 0.29) is 0 Å². The van der Waals surface area contributed by atoms with E-state index in [0.29, 0.717) is 11.1 Å². The molecule has 0 fully saturated rings. The standard InChI is InChI=1S/C9H10N6S/c1-6-4-12-9(13-5-6)16-7-2-3-11-8(14-7)15-10/h2-5H,10H2,1H3,(H,11,14,15). The molecule has 2 aromatic rings. The van der Waals surface area contributed by atoms with Gasteiger partial charge in [0.25, 0.3) is 0 Å². The third kappa shape index (κ3) is 2.65. The number of aryl methyl sites for hydroxylation is 1. The van der Waals surface area contributed by atoms with E-state index in [1.165, 1.54) is 11.8 Å². The van der Waals surface area contributed by atoms with Gasteiger partial charge in [-0.05, 0) is 30.3 Å². The lowest BCUT2D eigenvalue weighted by molar-refractivity contribution is 0.940. The molecule has 0 aliphatic heterocycles. The Hall–Kier alpha value is -1.73. The molecule has 6 nitrogen and oxygen atoms in total. The molecule has 16 heavy (non-hydrogen) atoms. The maximum absolute atomic E-state index is 5.22. The monoisotopic (exact) mass is 234 g/mol. The molecule has 2 aromatic heterocycles. The zero-order valence-corrected chi connectivity index (χ0v) is 9.40. The van der Waals surface area contributed by atoms with Gasteiger partial charge in [0.15, 0.2) is 5.16 Å². The van der Waals surface area contributed by atoms with Crippen molar-refractivity contribution in [3.63, 3.8) is 0 Å². The van der Waals surface area contributed by atoms with Gasteiger partial charge in [0.05, 0.1) is 0 Å². The molecule has 0 spiro atoms. The average molecular weight is 234 g/mol. The van der Waals surface area contributed by atoms with Crippen LogP contribution in [0.2, 0.25) is 0 Å². The van der Waals surface area contributed by atoms with Gasteiger partial charge in [0.1, 0.15) is 5.03 Å². The van der Waals surface area contributed by atoms with E-state index in [2.05, 4.69) is 25.4 Å². The first-order chi connectivity index (χ1) is 7.78. The highest BCUT2D eigenvalue weighted by Crippen LogP contribution is 2.22. The molecule has 0 amide bonds. The zero-order valence-electron chi connectivity index (χ0n) is 8.58. The highest BCUT2D eigenvalue weighted by atomic mass is 32.2. The molecule has 0 unspecified atom stereocenters. The minimum absolute atomic E-state index is 0.372. The lowest BCUT2D eigenvalue weighted by Gasteiger charge is -2.01. The van der Waals surface area contributed by atoms with Crippen molar-refractivity contribution in [2.24, 2.45) is 5.84 Å². The van der Waals surface area contributed by atoms with E-state index in [4.69, 9.17) is 5.84 Å². The smallest absolute Gasteiger partial charge is 0.238 e. The number of anilines is 1. The van der Waals surface area contributed by atoms with Crippen LogP contribution < -0.4 is 11.3 Å². The highest BCUT2D eigenvalue weighted by molar-refractivity contribution is 7.99. The van der Waals surface area contributed by atoms with Crippen LogP contribution in [0.25, 0.3) is 0 Å². The Balaban J connectivity index is 2.16. The molecule has 3 N–H and O–H groups in total. The van der Waals surface area contributed by atoms with Gasteiger partial charge in [-0.25, -0.2) is 25.8 Å². The molecule has 0 radical (unpaired) electrons. The van der Waals surface area contributed by atoms with Crippen molar-refractivity contribution in [2.45, 2.75) is 17.1 Å². The van der Waals surface area contributed by atoms with Crippen molar-refractivity contribution in [1.82, 2.24) is 19.9 Å². The van der Waals surface area contributed by atoms with Crippen LogP contribution >= 0.6 is 11.8 Å². The van der Waals surface area contributed by atoms with Gasteiger partial charge in [-0.3, -0.25) is 5.43 Å². The summed E-state index contributed by atoms with van der Waals surface area (Å²) in [5.41, 5.74) is 3.41. The van der Waals surface area contributed by atoms with Crippen molar-refractivity contribution in [2.75, 3.05) is 5.43 Å². The number of rotatable bonds is 3. The first-order valence-electron chi connectivity index (χ1n) is 4.54. The molecule has 7 heteroatoms. The van der Waals surface area contributed by atoms with Crippen molar-refractivity contribution in [1.29, 1.82) is 0 Å². The minimum atomic E-state index is 0.372. The van der Waals surface area contributed by atoms with Crippen LogP contribution in [0.5, 0.6) is 0 Å². The number of hydrazine groups is 1. The molecule has 2 heterocycles. The van der Waals surface area contributed by atoms with Crippen LogP contribution in [0.15, 0.2) is 34.8 Å². The van der Waals surface area contributed by atoms with Gasteiger partial charge in [-0.2, -0.15) is 0 Å². The predicted molar refractivity (Wildman–Crippen MR) is 60.7 cm³/mol. The fraction of sp³-hybridized carbons (Fsp3) is 0.111. The van der Waals surface area contributed by atoms with E-state index in [9.17, 15) is 0 Å². The number of nitrogens with one attached hydrogen (secondary N) is 1. The topological polar surface area (TPSA) is 89.6 Å². The molecule has 0 saturated heterocycles. The molecular weight excluding hydrogens is 224 g/mol. The zero-order chi connectivity index (χ0) is 11.4. The number of hydrogen-bond acceptors (Lipinski definition) is 7. The van der Waals surface area contributed by atoms with E-state index in [0.717, 1.165) is 10.6 Å². The molecule has 0 aliphatic carbocycles. The van der Waals surface area contributed by atoms with Crippen molar-refractivity contribution in [3.05, 3.63) is 30.2 Å². The number of aromatic nitrogens is 4. The Bertz CT molecular complexity index is 472. The first kappa shape index (κ1) is 10.8. The molecule has 0 atom stereocenters. The summed E-state index contributed by atoms with van der Waals surface area (Å²) in [6, 6.07) is 1.77. The average Bonchev–Trinajstić information content (AvgIpc) is 2.32. The Labute approximate surface area is 96.7 Å². The van der Waals surface area contributed by atoms with Gasteiger partial charge in [-0.1, -0.05) is 0 Å². The van der Waals surface area contributed by atoms with Gasteiger partial charge in [-0.15, -0.1) is 0 Å². The molecule has 2 rings (SSSR count). The second-order valence-electron chi connectivity index (χ2n) is 3.01. The fourth-order valence-electron chi connectivity index (χ4n) is 0.996. The first-order valence-corrected chi connectivity index (χ1v) is 5.36. The van der Waals surface area contributed by atoms with Crippen molar-refractivity contribution in [3.8, 4) is 0 Å². The third-order valence-electron chi connectivity index (χ3n) is 1.71. The predicted octanol–water partition coefficient (Wildman–Crippen LogP) is 1.01. The quantitative estimate of drug-likeness (QED) is 0.354. The van der Waals surface area contributed by atoms with Crippen molar-refractivity contribution >= 4 is 17.7 Å². The molecule has 82 valence electrons. The summed E-state index contributed by atoms with van der Waals surface area (Å²) < 4.78 is 0. The normalized spacial score (nSPS) is 10.1. The fourth-order valence-corrected chi connectivity index (χ4v) is 1.65. The maximum Gasteiger partial charge on any atom is 0.238 e. The van der Waals surface area contributed by atoms with E-state index in [1.807, 2.05) is 6.92 Å². The summed E-state index contributed by atoms with van der Waals surface area (Å²) in [6.45, 7) is 1.94. The maximum atomic E-state index is 5.22. The minimum Gasteiger partial charge on any atom is -0.292 e. The second-order valence-corrected chi connectivity index (χ2v) is 4.00. The molecular formula is C9H10N6S. The lowest BCUT2D eigenvalue weighted by Crippen LogP contribution is -2.10. The Morgan fingerprint density at radius 2 is 2.00 bits per heavy atom. The number of nitrogens with zero attached hydrogens (tertiary/aromatic N) is 4. The lowest BCUT2D eigenvalue weighted by atomic mass is 10.4. The highest BCUT2D eigenvalue weighted by Gasteiger charge is 2.02. The second kappa shape index (κ2) is 4.86. The van der Waals surface area contributed by atoms with Crippen LogP contribution in [-0.4, -0.2) is 19.9 Å². The molecule has 0 bridgehead atoms. The SMILES string of the molecule is Cc1cnc(Sc2ccnc(NN)n2)nc1. The van der Waals surface area contributed by atoms with Crippen LogP contribution in [0, 0.1) is 6.92 Å². The molecule has 0 aromatic carbocycles.